The van der Waals surface area contributed by atoms with Gasteiger partial charge in [-0.3, -0.25) is 4.79 Å². The molecule has 0 radical (unpaired) electrons. The number of hydrogen-bond acceptors (Lipinski definition) is 4. The Labute approximate surface area is 204 Å². The minimum Gasteiger partial charge on any atom is -0.465 e. The largest absolute Gasteiger partial charge is 0.465 e. The fraction of sp³-hybridized carbons (Fsp3) is 0.481. The molecule has 1 aliphatic heterocycles. The number of benzene rings is 1. The number of rotatable bonds is 11. The maximum Gasteiger partial charge on any atom is 0.348 e. The lowest BCUT2D eigenvalue weighted by molar-refractivity contribution is -0.148. The van der Waals surface area contributed by atoms with Crippen LogP contribution in [0.5, 0.6) is 0 Å². The van der Waals surface area contributed by atoms with Gasteiger partial charge < -0.3 is 9.64 Å². The molecule has 0 saturated carbocycles. The molecule has 3 rings (SSSR count). The van der Waals surface area contributed by atoms with Crippen LogP contribution < -0.4 is 0 Å². The number of alkyl halides is 2. The summed E-state index contributed by atoms with van der Waals surface area (Å²) in [6.45, 7) is 4.53. The average molecular weight is 490 g/mol. The van der Waals surface area contributed by atoms with Gasteiger partial charge in [0.15, 0.2) is 0 Å². The third-order valence-electron chi connectivity index (χ3n) is 6.58. The summed E-state index contributed by atoms with van der Waals surface area (Å²) in [5.41, 5.74) is 1.29. The van der Waals surface area contributed by atoms with Gasteiger partial charge in [0.2, 0.25) is 0 Å². The number of likely N-dealkylation sites (tertiary alicyclic amines) is 1. The van der Waals surface area contributed by atoms with Crippen molar-refractivity contribution >= 4 is 23.2 Å². The molecule has 3 atom stereocenters. The third kappa shape index (κ3) is 6.75. The number of esters is 1. The van der Waals surface area contributed by atoms with E-state index in [4.69, 9.17) is 4.74 Å². The van der Waals surface area contributed by atoms with Gasteiger partial charge in [-0.25, -0.2) is 4.79 Å². The first-order valence-corrected chi connectivity index (χ1v) is 12.6. The van der Waals surface area contributed by atoms with Gasteiger partial charge in [0.05, 0.1) is 13.2 Å². The number of nitrogens with zero attached hydrogens (tertiary/aromatic N) is 1. The first-order valence-electron chi connectivity index (χ1n) is 11.8. The maximum atomic E-state index is 14.2. The fourth-order valence-corrected chi connectivity index (χ4v) is 5.17. The number of thiophene rings is 1. The number of amides is 1. The minimum atomic E-state index is -3.32. The van der Waals surface area contributed by atoms with E-state index in [0.29, 0.717) is 23.6 Å². The quantitative estimate of drug-likeness (QED) is 0.280. The van der Waals surface area contributed by atoms with Crippen molar-refractivity contribution < 1.29 is 23.1 Å². The van der Waals surface area contributed by atoms with Crippen LogP contribution in [0.1, 0.15) is 53.2 Å². The number of ether oxygens (including phenoxy) is 1. The second-order valence-electron chi connectivity index (χ2n) is 9.08. The molecule has 0 aliphatic carbocycles. The predicted octanol–water partition coefficient (Wildman–Crippen LogP) is 6.16. The van der Waals surface area contributed by atoms with Crippen molar-refractivity contribution in [1.29, 1.82) is 0 Å². The molecule has 1 aliphatic rings. The smallest absolute Gasteiger partial charge is 0.348 e. The Bertz CT molecular complexity index is 989. The van der Waals surface area contributed by atoms with Crippen LogP contribution in [-0.2, 0) is 22.4 Å². The first kappa shape index (κ1) is 26.1. The fourth-order valence-electron chi connectivity index (χ4n) is 4.20. The van der Waals surface area contributed by atoms with Gasteiger partial charge in [0.1, 0.15) is 4.88 Å². The molecular weight excluding hydrogens is 456 g/mol. The molecule has 0 N–H and O–H groups in total. The molecule has 2 heterocycles. The zero-order chi connectivity index (χ0) is 24.7. The van der Waals surface area contributed by atoms with Crippen LogP contribution in [0.2, 0.25) is 0 Å². The molecule has 34 heavy (non-hydrogen) atoms. The number of methoxy groups -OCH3 is 1. The standard InChI is InChI=1S/C27H33F2NO3S/c1-19(11-13-21-8-5-4-6-9-21)20(2)12-14-22-18-27(28,29)26(32)30(22)17-7-10-23-15-16-24(34-23)25(31)33-3/h4-6,8-9,12,14-16,19-20,22H,7,10-11,13,17-18H2,1-3H3/b14-12+/t19-,20-,22-/m0/s1. The Kier molecular flexibility index (Phi) is 9.00. The number of carbonyl (C=O) groups is 2. The van der Waals surface area contributed by atoms with Gasteiger partial charge in [-0.05, 0) is 55.2 Å². The van der Waals surface area contributed by atoms with Crippen molar-refractivity contribution in [2.75, 3.05) is 13.7 Å². The molecule has 4 nitrogen and oxygen atoms in total. The molecule has 1 saturated heterocycles. The van der Waals surface area contributed by atoms with E-state index in [-0.39, 0.29) is 18.4 Å². The second kappa shape index (κ2) is 11.7. The Morgan fingerprint density at radius 2 is 1.94 bits per heavy atom. The zero-order valence-electron chi connectivity index (χ0n) is 20.0. The summed E-state index contributed by atoms with van der Waals surface area (Å²) < 4.78 is 33.2. The molecule has 1 aromatic carbocycles. The number of allylic oxidation sites excluding steroid dienone is 1. The minimum absolute atomic E-state index is 0.220. The van der Waals surface area contributed by atoms with Gasteiger partial charge in [0, 0.05) is 17.8 Å². The van der Waals surface area contributed by atoms with Crippen LogP contribution in [0.25, 0.3) is 0 Å². The highest BCUT2D eigenvalue weighted by Gasteiger charge is 2.52. The summed E-state index contributed by atoms with van der Waals surface area (Å²) in [5, 5.41) is 0. The van der Waals surface area contributed by atoms with Crippen LogP contribution in [-0.4, -0.2) is 42.4 Å². The predicted molar refractivity (Wildman–Crippen MR) is 131 cm³/mol. The lowest BCUT2D eigenvalue weighted by Gasteiger charge is -2.23. The van der Waals surface area contributed by atoms with E-state index >= 15 is 0 Å². The molecule has 1 amide bonds. The lowest BCUT2D eigenvalue weighted by atomic mass is 9.89. The van der Waals surface area contributed by atoms with E-state index in [9.17, 15) is 18.4 Å². The van der Waals surface area contributed by atoms with Gasteiger partial charge in [-0.1, -0.05) is 56.3 Å². The first-order chi connectivity index (χ1) is 16.2. The second-order valence-corrected chi connectivity index (χ2v) is 10.2. The van der Waals surface area contributed by atoms with E-state index in [1.54, 1.807) is 12.1 Å². The summed E-state index contributed by atoms with van der Waals surface area (Å²) in [6.07, 6.45) is 6.46. The SMILES string of the molecule is COC(=O)c1ccc(CCCN2C(=O)C(F)(F)C[C@@H]2/C=C/[C@H](C)[C@@H](C)CCc2ccccc2)s1. The third-order valence-corrected chi connectivity index (χ3v) is 7.70. The number of aryl methyl sites for hydroxylation is 2. The highest BCUT2D eigenvalue weighted by atomic mass is 32.1. The summed E-state index contributed by atoms with van der Waals surface area (Å²) in [5.74, 6) is -4.18. The Hall–Kier alpha value is -2.54. The zero-order valence-corrected chi connectivity index (χ0v) is 20.8. The van der Waals surface area contributed by atoms with E-state index in [2.05, 4.69) is 26.0 Å². The van der Waals surface area contributed by atoms with Crippen LogP contribution in [0, 0.1) is 11.8 Å². The van der Waals surface area contributed by atoms with Crippen molar-refractivity contribution in [3.8, 4) is 0 Å². The normalized spacial score (nSPS) is 19.5. The van der Waals surface area contributed by atoms with Crippen molar-refractivity contribution in [3.05, 3.63) is 69.9 Å². The Balaban J connectivity index is 1.54. The Morgan fingerprint density at radius 1 is 1.21 bits per heavy atom. The van der Waals surface area contributed by atoms with Crippen molar-refractivity contribution in [1.82, 2.24) is 4.90 Å². The van der Waals surface area contributed by atoms with Gasteiger partial charge >= 0.3 is 11.9 Å². The molecular formula is C27H33F2NO3S. The molecule has 184 valence electrons. The van der Waals surface area contributed by atoms with Gasteiger partial charge in [-0.15, -0.1) is 11.3 Å². The van der Waals surface area contributed by atoms with Crippen molar-refractivity contribution in [3.63, 3.8) is 0 Å². The Morgan fingerprint density at radius 3 is 2.65 bits per heavy atom. The lowest BCUT2D eigenvalue weighted by Crippen LogP contribution is -2.36. The summed E-state index contributed by atoms with van der Waals surface area (Å²) in [4.78, 5) is 26.7. The summed E-state index contributed by atoms with van der Waals surface area (Å²) in [6, 6.07) is 13.2. The average Bonchev–Trinajstić information content (AvgIpc) is 3.39. The van der Waals surface area contributed by atoms with Crippen LogP contribution in [0.15, 0.2) is 54.6 Å². The molecule has 0 unspecified atom stereocenters. The van der Waals surface area contributed by atoms with Crippen molar-refractivity contribution in [2.45, 2.75) is 57.9 Å². The van der Waals surface area contributed by atoms with E-state index in [1.165, 1.54) is 28.9 Å². The van der Waals surface area contributed by atoms with E-state index in [0.717, 1.165) is 17.7 Å². The van der Waals surface area contributed by atoms with Crippen LogP contribution >= 0.6 is 11.3 Å². The summed E-state index contributed by atoms with van der Waals surface area (Å²) >= 11 is 1.33. The topological polar surface area (TPSA) is 46.6 Å². The highest BCUT2D eigenvalue weighted by Crippen LogP contribution is 2.35. The maximum absolute atomic E-state index is 14.2. The molecule has 0 spiro atoms. The van der Waals surface area contributed by atoms with E-state index < -0.39 is 24.3 Å². The van der Waals surface area contributed by atoms with Crippen LogP contribution in [0.4, 0.5) is 8.78 Å². The van der Waals surface area contributed by atoms with Crippen LogP contribution in [0.3, 0.4) is 0 Å². The molecule has 2 aromatic rings. The summed E-state index contributed by atoms with van der Waals surface area (Å²) in [7, 11) is 1.33. The number of hydrogen-bond donors (Lipinski definition) is 0. The highest BCUT2D eigenvalue weighted by molar-refractivity contribution is 7.13. The molecule has 1 aromatic heterocycles. The number of halogens is 2. The monoisotopic (exact) mass is 489 g/mol. The number of carbonyl (C=O) groups excluding carboxylic acids is 2. The van der Waals surface area contributed by atoms with Crippen molar-refractivity contribution in [2.24, 2.45) is 11.8 Å². The molecule has 0 bridgehead atoms. The molecule has 1 fully saturated rings. The van der Waals surface area contributed by atoms with Gasteiger partial charge in [0.25, 0.3) is 5.91 Å². The van der Waals surface area contributed by atoms with E-state index in [1.807, 2.05) is 30.3 Å². The van der Waals surface area contributed by atoms with Gasteiger partial charge in [-0.2, -0.15) is 8.78 Å². The molecule has 7 heteroatoms.